The molecule has 3 atom stereocenters. The van der Waals surface area contributed by atoms with Crippen LogP contribution in [0.3, 0.4) is 0 Å². The number of hydrogen-bond acceptors (Lipinski definition) is 4. The molecule has 0 aliphatic carbocycles. The maximum Gasteiger partial charge on any atom is 0.187 e. The zero-order chi connectivity index (χ0) is 26.4. The fraction of sp³-hybridized carbons (Fsp3) is 0.333. The average Bonchev–Trinajstić information content (AvgIpc) is 2.96. The van der Waals surface area contributed by atoms with E-state index < -0.39 is 18.3 Å². The molecule has 0 aromatic heterocycles. The van der Waals surface area contributed by atoms with Crippen molar-refractivity contribution in [3.05, 3.63) is 118 Å². The maximum atomic E-state index is 6.91. The standard InChI is InChI=1S/C33H35ClO4/c1-2-3-4-14-21-29-31(34)33(37-24-28-19-12-7-13-20-28)32(36-23-27-17-10-6-11-18-27)30(38-29)25-35-22-26-15-8-5-9-16-26/h5-13,15-20,30,32-33H,2-4,22-25H2,1H3/t30-,32-,33-/m1/s1. The number of benzene rings is 3. The average molecular weight is 531 g/mol. The summed E-state index contributed by atoms with van der Waals surface area (Å²) in [6.07, 6.45) is 1.42. The predicted molar refractivity (Wildman–Crippen MR) is 151 cm³/mol. The van der Waals surface area contributed by atoms with E-state index in [0.717, 1.165) is 36.0 Å². The third-order valence-corrected chi connectivity index (χ3v) is 6.60. The Balaban J connectivity index is 1.56. The molecule has 0 radical (unpaired) electrons. The van der Waals surface area contributed by atoms with E-state index >= 15 is 0 Å². The minimum Gasteiger partial charge on any atom is -0.476 e. The molecule has 198 valence electrons. The van der Waals surface area contributed by atoms with Gasteiger partial charge in [0.25, 0.3) is 0 Å². The lowest BCUT2D eigenvalue weighted by atomic mass is 10.0. The SMILES string of the molecule is CCCCC#CC1=C(Cl)[C@@H](OCc2ccccc2)[C@H](OCc2ccccc2)[C@@H](COCc2ccccc2)O1. The Morgan fingerprint density at radius 3 is 1.89 bits per heavy atom. The summed E-state index contributed by atoms with van der Waals surface area (Å²) in [6, 6.07) is 30.2. The van der Waals surface area contributed by atoms with Gasteiger partial charge in [0.15, 0.2) is 11.9 Å². The van der Waals surface area contributed by atoms with Crippen LogP contribution in [0.5, 0.6) is 0 Å². The number of ether oxygens (including phenoxy) is 4. The van der Waals surface area contributed by atoms with Crippen LogP contribution >= 0.6 is 11.6 Å². The van der Waals surface area contributed by atoms with Crippen molar-refractivity contribution in [3.8, 4) is 11.8 Å². The molecule has 0 fully saturated rings. The summed E-state index contributed by atoms with van der Waals surface area (Å²) in [5.74, 6) is 6.79. The highest BCUT2D eigenvalue weighted by Gasteiger charge is 2.41. The molecule has 0 saturated heterocycles. The van der Waals surface area contributed by atoms with Crippen LogP contribution in [-0.2, 0) is 38.8 Å². The van der Waals surface area contributed by atoms with E-state index in [2.05, 4.69) is 18.8 Å². The van der Waals surface area contributed by atoms with E-state index in [-0.39, 0.29) is 0 Å². The number of rotatable bonds is 12. The summed E-state index contributed by atoms with van der Waals surface area (Å²) in [5, 5.41) is 0.433. The fourth-order valence-electron chi connectivity index (χ4n) is 4.13. The van der Waals surface area contributed by atoms with Gasteiger partial charge in [-0.15, -0.1) is 0 Å². The zero-order valence-electron chi connectivity index (χ0n) is 21.9. The minimum atomic E-state index is -0.546. The molecule has 1 aliphatic heterocycles. The monoisotopic (exact) mass is 530 g/mol. The molecule has 1 heterocycles. The first-order valence-corrected chi connectivity index (χ1v) is 13.6. The summed E-state index contributed by atoms with van der Waals surface area (Å²) in [6.45, 7) is 3.71. The molecule has 0 bridgehead atoms. The van der Waals surface area contributed by atoms with Crippen LogP contribution in [0, 0.1) is 11.8 Å². The smallest absolute Gasteiger partial charge is 0.187 e. The summed E-state index contributed by atoms with van der Waals surface area (Å²) >= 11 is 6.91. The van der Waals surface area contributed by atoms with Crippen molar-refractivity contribution >= 4 is 11.6 Å². The van der Waals surface area contributed by atoms with Gasteiger partial charge in [-0.2, -0.15) is 0 Å². The third-order valence-electron chi connectivity index (χ3n) is 6.21. The van der Waals surface area contributed by atoms with E-state index in [1.807, 2.05) is 91.0 Å². The molecule has 38 heavy (non-hydrogen) atoms. The van der Waals surface area contributed by atoms with Gasteiger partial charge in [0.05, 0.1) is 26.4 Å². The Morgan fingerprint density at radius 1 is 0.763 bits per heavy atom. The normalized spacial score (nSPS) is 18.9. The summed E-state index contributed by atoms with van der Waals surface area (Å²) < 4.78 is 25.3. The summed E-state index contributed by atoms with van der Waals surface area (Å²) in [7, 11) is 0. The van der Waals surface area contributed by atoms with Crippen LogP contribution in [0.2, 0.25) is 0 Å². The molecule has 4 rings (SSSR count). The topological polar surface area (TPSA) is 36.9 Å². The number of allylic oxidation sites excluding steroid dienone is 1. The molecular formula is C33H35ClO4. The van der Waals surface area contributed by atoms with Gasteiger partial charge in [-0.25, -0.2) is 0 Å². The van der Waals surface area contributed by atoms with E-state index in [4.69, 9.17) is 30.5 Å². The van der Waals surface area contributed by atoms with Gasteiger partial charge in [-0.3, -0.25) is 0 Å². The Bertz CT molecular complexity index is 1190. The van der Waals surface area contributed by atoms with Gasteiger partial charge >= 0.3 is 0 Å². The molecule has 4 nitrogen and oxygen atoms in total. The number of unbranched alkanes of at least 4 members (excludes halogenated alkanes) is 2. The molecule has 3 aromatic carbocycles. The molecule has 0 N–H and O–H groups in total. The lowest BCUT2D eigenvalue weighted by molar-refractivity contribution is -0.153. The van der Waals surface area contributed by atoms with Crippen LogP contribution in [0.25, 0.3) is 0 Å². The van der Waals surface area contributed by atoms with Crippen molar-refractivity contribution in [2.24, 2.45) is 0 Å². The molecule has 1 aliphatic rings. The first kappa shape index (κ1) is 28.0. The fourth-order valence-corrected chi connectivity index (χ4v) is 4.40. The largest absolute Gasteiger partial charge is 0.476 e. The van der Waals surface area contributed by atoms with E-state index in [1.54, 1.807) is 0 Å². The molecule has 0 amide bonds. The molecular weight excluding hydrogens is 496 g/mol. The van der Waals surface area contributed by atoms with Gasteiger partial charge in [0, 0.05) is 6.42 Å². The summed E-state index contributed by atoms with van der Waals surface area (Å²) in [4.78, 5) is 0. The molecule has 0 unspecified atom stereocenters. The van der Waals surface area contributed by atoms with Crippen LogP contribution in [0.1, 0.15) is 42.9 Å². The Kier molecular flexibility index (Phi) is 11.3. The van der Waals surface area contributed by atoms with E-state index in [1.165, 1.54) is 0 Å². The molecule has 5 heteroatoms. The van der Waals surface area contributed by atoms with Gasteiger partial charge in [-0.1, -0.05) is 122 Å². The van der Waals surface area contributed by atoms with Crippen LogP contribution in [-0.4, -0.2) is 24.9 Å². The Hall–Kier alpha value is -3.07. The van der Waals surface area contributed by atoms with Crippen molar-refractivity contribution in [1.29, 1.82) is 0 Å². The van der Waals surface area contributed by atoms with Crippen molar-refractivity contribution in [2.45, 2.75) is 64.3 Å². The van der Waals surface area contributed by atoms with Crippen LogP contribution in [0.4, 0.5) is 0 Å². The third kappa shape index (κ3) is 8.48. The highest BCUT2D eigenvalue weighted by atomic mass is 35.5. The first-order chi connectivity index (χ1) is 18.7. The number of halogens is 1. The second kappa shape index (κ2) is 15.4. The molecule has 0 spiro atoms. The van der Waals surface area contributed by atoms with Crippen molar-refractivity contribution in [2.75, 3.05) is 6.61 Å². The first-order valence-electron chi connectivity index (χ1n) is 13.2. The number of hydrogen-bond donors (Lipinski definition) is 0. The second-order valence-corrected chi connectivity index (χ2v) is 9.63. The second-order valence-electron chi connectivity index (χ2n) is 9.22. The summed E-state index contributed by atoms with van der Waals surface area (Å²) in [5.41, 5.74) is 3.20. The van der Waals surface area contributed by atoms with Gasteiger partial charge in [0.2, 0.25) is 0 Å². The van der Waals surface area contributed by atoms with Crippen LogP contribution in [0.15, 0.2) is 102 Å². The van der Waals surface area contributed by atoms with Gasteiger partial charge < -0.3 is 18.9 Å². The van der Waals surface area contributed by atoms with Crippen molar-refractivity contribution in [3.63, 3.8) is 0 Å². The lowest BCUT2D eigenvalue weighted by Crippen LogP contribution is -2.48. The Morgan fingerprint density at radius 2 is 1.32 bits per heavy atom. The van der Waals surface area contributed by atoms with E-state index in [9.17, 15) is 0 Å². The van der Waals surface area contributed by atoms with Gasteiger partial charge in [-0.05, 0) is 29.0 Å². The molecule has 0 saturated carbocycles. The van der Waals surface area contributed by atoms with Crippen molar-refractivity contribution in [1.82, 2.24) is 0 Å². The van der Waals surface area contributed by atoms with Crippen molar-refractivity contribution < 1.29 is 18.9 Å². The quantitative estimate of drug-likeness (QED) is 0.180. The highest BCUT2D eigenvalue weighted by molar-refractivity contribution is 6.30. The highest BCUT2D eigenvalue weighted by Crippen LogP contribution is 2.33. The molecule has 3 aromatic rings. The minimum absolute atomic E-state index is 0.309. The lowest BCUT2D eigenvalue weighted by Gasteiger charge is -2.37. The maximum absolute atomic E-state index is 6.91. The Labute approximate surface area is 231 Å². The van der Waals surface area contributed by atoms with E-state index in [0.29, 0.717) is 37.2 Å². The zero-order valence-corrected chi connectivity index (χ0v) is 22.6. The predicted octanol–water partition coefficient (Wildman–Crippen LogP) is 7.42. The van der Waals surface area contributed by atoms with Crippen LogP contribution < -0.4 is 0 Å². The van der Waals surface area contributed by atoms with Gasteiger partial charge in [0.1, 0.15) is 17.2 Å².